The molecule has 0 saturated carbocycles. The smallest absolute Gasteiger partial charge is 0.328 e. The summed E-state index contributed by atoms with van der Waals surface area (Å²) in [5.74, 6) is -0.976. The molecule has 1 aromatic rings. The summed E-state index contributed by atoms with van der Waals surface area (Å²) >= 11 is 0. The minimum atomic E-state index is -3.54. The van der Waals surface area contributed by atoms with Crippen molar-refractivity contribution < 1.29 is 18.3 Å². The third-order valence-corrected chi connectivity index (χ3v) is 7.16. The quantitative estimate of drug-likeness (QED) is 0.428. The molecule has 1 aliphatic rings. The van der Waals surface area contributed by atoms with Gasteiger partial charge in [-0.05, 0) is 61.8 Å². The standard InChI is InChI=1S/C25H30O4S/c1-19(10-8-11-20(2)18-24(26)27)15-16-22-23(14-9-17-25(22,3)4)30(28,29)21-12-6-5-7-13-21/h5-8,10-13,15-16,18H,9,14,17H2,1-4H3,(H,26,27)/b11-8+,16-15+,19-10+,20-18+. The van der Waals surface area contributed by atoms with E-state index in [0.29, 0.717) is 21.8 Å². The SMILES string of the molecule is CC(/C=C/C1=C(S(=O)(=O)c2ccccc2)CCCC1(C)C)=C\C=C\C(C)=C\C(=O)O. The van der Waals surface area contributed by atoms with E-state index in [4.69, 9.17) is 5.11 Å². The molecule has 1 N–H and O–H groups in total. The number of benzene rings is 1. The number of sulfone groups is 1. The Bertz CT molecular complexity index is 1030. The Morgan fingerprint density at radius 1 is 1.07 bits per heavy atom. The first-order valence-electron chi connectivity index (χ1n) is 10.0. The number of hydrogen-bond acceptors (Lipinski definition) is 3. The van der Waals surface area contributed by atoms with Crippen LogP contribution in [0.25, 0.3) is 0 Å². The molecule has 0 unspecified atom stereocenters. The van der Waals surface area contributed by atoms with E-state index >= 15 is 0 Å². The van der Waals surface area contributed by atoms with Gasteiger partial charge in [-0.3, -0.25) is 0 Å². The number of carboxylic acid groups (broad SMARTS) is 1. The van der Waals surface area contributed by atoms with E-state index in [9.17, 15) is 13.2 Å². The molecular weight excluding hydrogens is 396 g/mol. The number of rotatable bonds is 7. The van der Waals surface area contributed by atoms with Crippen molar-refractivity contribution in [2.75, 3.05) is 0 Å². The zero-order valence-electron chi connectivity index (χ0n) is 18.1. The van der Waals surface area contributed by atoms with Crippen LogP contribution in [0.2, 0.25) is 0 Å². The van der Waals surface area contributed by atoms with Crippen LogP contribution in [-0.4, -0.2) is 19.5 Å². The molecule has 160 valence electrons. The van der Waals surface area contributed by atoms with Gasteiger partial charge in [-0.2, -0.15) is 0 Å². The van der Waals surface area contributed by atoms with Gasteiger partial charge in [-0.25, -0.2) is 13.2 Å². The highest BCUT2D eigenvalue weighted by Crippen LogP contribution is 2.44. The molecule has 5 heteroatoms. The highest BCUT2D eigenvalue weighted by atomic mass is 32.2. The lowest BCUT2D eigenvalue weighted by atomic mass is 9.75. The van der Waals surface area contributed by atoms with Crippen LogP contribution in [0.3, 0.4) is 0 Å². The lowest BCUT2D eigenvalue weighted by Gasteiger charge is -2.33. The molecule has 1 aromatic carbocycles. The van der Waals surface area contributed by atoms with Crippen LogP contribution in [0.5, 0.6) is 0 Å². The molecule has 0 heterocycles. The summed E-state index contributed by atoms with van der Waals surface area (Å²) in [5, 5.41) is 8.75. The zero-order chi connectivity index (χ0) is 22.4. The number of carbonyl (C=O) groups is 1. The fraction of sp³-hybridized carbons (Fsp3) is 0.320. The first-order chi connectivity index (χ1) is 14.0. The first-order valence-corrected chi connectivity index (χ1v) is 11.5. The number of aliphatic carboxylic acids is 1. The summed E-state index contributed by atoms with van der Waals surface area (Å²) in [6, 6.07) is 8.60. The van der Waals surface area contributed by atoms with Crippen LogP contribution in [-0.2, 0) is 14.6 Å². The van der Waals surface area contributed by atoms with E-state index in [0.717, 1.165) is 30.1 Å². The first kappa shape index (κ1) is 23.6. The topological polar surface area (TPSA) is 71.4 Å². The number of carboxylic acids is 1. The van der Waals surface area contributed by atoms with E-state index in [1.165, 1.54) is 0 Å². The molecule has 0 amide bonds. The Kier molecular flexibility index (Phi) is 7.79. The van der Waals surface area contributed by atoms with Gasteiger partial charge >= 0.3 is 5.97 Å². The molecule has 30 heavy (non-hydrogen) atoms. The minimum Gasteiger partial charge on any atom is -0.478 e. The van der Waals surface area contributed by atoms with Crippen LogP contribution in [0.1, 0.15) is 47.0 Å². The molecule has 0 aliphatic heterocycles. The Labute approximate surface area is 179 Å². The highest BCUT2D eigenvalue weighted by molar-refractivity contribution is 7.95. The Morgan fingerprint density at radius 3 is 2.37 bits per heavy atom. The van der Waals surface area contributed by atoms with Gasteiger partial charge in [0.1, 0.15) is 0 Å². The molecule has 4 nitrogen and oxygen atoms in total. The maximum absolute atomic E-state index is 13.3. The van der Waals surface area contributed by atoms with Crippen LogP contribution < -0.4 is 0 Å². The second-order valence-electron chi connectivity index (χ2n) is 8.22. The van der Waals surface area contributed by atoms with Gasteiger partial charge in [0.05, 0.1) is 9.80 Å². The van der Waals surface area contributed by atoms with Gasteiger partial charge in [-0.15, -0.1) is 0 Å². The maximum atomic E-state index is 13.3. The molecular formula is C25H30O4S. The van der Waals surface area contributed by atoms with Crippen LogP contribution in [0.15, 0.2) is 93.3 Å². The lowest BCUT2D eigenvalue weighted by molar-refractivity contribution is -0.131. The second-order valence-corrected chi connectivity index (χ2v) is 10.2. The van der Waals surface area contributed by atoms with Gasteiger partial charge in [-0.1, -0.05) is 68.0 Å². The van der Waals surface area contributed by atoms with Gasteiger partial charge < -0.3 is 5.11 Å². The molecule has 0 aromatic heterocycles. The summed E-state index contributed by atoms with van der Waals surface area (Å²) < 4.78 is 26.6. The molecule has 1 aliphatic carbocycles. The van der Waals surface area contributed by atoms with Gasteiger partial charge in [0, 0.05) is 6.08 Å². The van der Waals surface area contributed by atoms with E-state index in [-0.39, 0.29) is 5.41 Å². The summed E-state index contributed by atoms with van der Waals surface area (Å²) in [6.07, 6.45) is 12.7. The molecule has 0 spiro atoms. The molecule has 0 radical (unpaired) electrons. The van der Waals surface area contributed by atoms with Gasteiger partial charge in [0.15, 0.2) is 0 Å². The Hall–Kier alpha value is -2.66. The van der Waals surface area contributed by atoms with Crippen molar-refractivity contribution in [1.29, 1.82) is 0 Å². The van der Waals surface area contributed by atoms with Crippen molar-refractivity contribution in [3.63, 3.8) is 0 Å². The average Bonchev–Trinajstić information content (AvgIpc) is 2.66. The molecule has 0 fully saturated rings. The Morgan fingerprint density at radius 2 is 1.73 bits per heavy atom. The summed E-state index contributed by atoms with van der Waals surface area (Å²) in [6.45, 7) is 7.83. The lowest BCUT2D eigenvalue weighted by Crippen LogP contribution is -2.23. The number of allylic oxidation sites excluding steroid dienone is 9. The fourth-order valence-electron chi connectivity index (χ4n) is 3.54. The third kappa shape index (κ3) is 6.17. The van der Waals surface area contributed by atoms with E-state index in [2.05, 4.69) is 13.8 Å². The molecule has 0 atom stereocenters. The third-order valence-electron chi connectivity index (χ3n) is 5.20. The fourth-order valence-corrected chi connectivity index (χ4v) is 5.39. The van der Waals surface area contributed by atoms with Crippen molar-refractivity contribution in [2.45, 2.75) is 51.9 Å². The van der Waals surface area contributed by atoms with Crippen LogP contribution >= 0.6 is 0 Å². The largest absolute Gasteiger partial charge is 0.478 e. The van der Waals surface area contributed by atoms with Crippen molar-refractivity contribution >= 4 is 15.8 Å². The molecule has 2 rings (SSSR count). The Balaban J connectivity index is 2.40. The van der Waals surface area contributed by atoms with Crippen LogP contribution in [0.4, 0.5) is 0 Å². The molecule has 0 saturated heterocycles. The van der Waals surface area contributed by atoms with E-state index < -0.39 is 15.8 Å². The normalized spacial score (nSPS) is 18.4. The van der Waals surface area contributed by atoms with Crippen molar-refractivity contribution in [1.82, 2.24) is 0 Å². The van der Waals surface area contributed by atoms with Gasteiger partial charge in [0.2, 0.25) is 9.84 Å². The van der Waals surface area contributed by atoms with Crippen molar-refractivity contribution in [3.05, 3.63) is 88.4 Å². The highest BCUT2D eigenvalue weighted by Gasteiger charge is 2.34. The summed E-state index contributed by atoms with van der Waals surface area (Å²) in [4.78, 5) is 11.5. The zero-order valence-corrected chi connectivity index (χ0v) is 18.9. The average molecular weight is 427 g/mol. The van der Waals surface area contributed by atoms with E-state index in [1.807, 2.05) is 31.2 Å². The van der Waals surface area contributed by atoms with Crippen molar-refractivity contribution in [3.8, 4) is 0 Å². The predicted octanol–water partition coefficient (Wildman–Crippen LogP) is 6.01. The van der Waals surface area contributed by atoms with E-state index in [1.54, 1.807) is 43.3 Å². The molecule has 0 bridgehead atoms. The summed E-state index contributed by atoms with van der Waals surface area (Å²) in [7, 11) is -3.54. The van der Waals surface area contributed by atoms with Crippen LogP contribution in [0, 0.1) is 5.41 Å². The maximum Gasteiger partial charge on any atom is 0.328 e. The van der Waals surface area contributed by atoms with Crippen molar-refractivity contribution in [2.24, 2.45) is 5.41 Å². The predicted molar refractivity (Wildman–Crippen MR) is 122 cm³/mol. The minimum absolute atomic E-state index is 0.233. The van der Waals surface area contributed by atoms with Gasteiger partial charge in [0.25, 0.3) is 0 Å². The number of hydrogen-bond donors (Lipinski definition) is 1. The summed E-state index contributed by atoms with van der Waals surface area (Å²) in [5.41, 5.74) is 2.21. The monoisotopic (exact) mass is 426 g/mol. The second kappa shape index (κ2) is 9.90.